The van der Waals surface area contributed by atoms with Crippen LogP contribution >= 0.6 is 12.2 Å². The van der Waals surface area contributed by atoms with E-state index in [0.29, 0.717) is 23.8 Å². The summed E-state index contributed by atoms with van der Waals surface area (Å²) in [7, 11) is 4.11. The maximum Gasteiger partial charge on any atom is 0.253 e. The largest absolute Gasteiger partial charge is 0.492 e. The van der Waals surface area contributed by atoms with E-state index in [2.05, 4.69) is 47.2 Å². The third kappa shape index (κ3) is 6.55. The molecule has 2 N–H and O–H groups in total. The molecule has 0 aliphatic rings. The van der Waals surface area contributed by atoms with Crippen LogP contribution in [0.25, 0.3) is 10.9 Å². The molecule has 0 aliphatic carbocycles. The molecule has 0 unspecified atom stereocenters. The van der Waals surface area contributed by atoms with E-state index in [0.717, 1.165) is 53.0 Å². The minimum Gasteiger partial charge on any atom is -0.492 e. The highest BCUT2D eigenvalue weighted by Crippen LogP contribution is 2.24. The predicted octanol–water partition coefficient (Wildman–Crippen LogP) is 4.69. The van der Waals surface area contributed by atoms with E-state index >= 15 is 0 Å². The maximum atomic E-state index is 12.9. The van der Waals surface area contributed by atoms with E-state index in [1.165, 1.54) is 0 Å². The second-order valence-electron chi connectivity index (χ2n) is 8.60. The fourth-order valence-corrected chi connectivity index (χ4v) is 4.18. The molecule has 7 heteroatoms. The first kappa shape index (κ1) is 24.7. The second kappa shape index (κ2) is 11.3. The Morgan fingerprint density at radius 1 is 1.12 bits per heavy atom. The molecule has 2 aromatic carbocycles. The van der Waals surface area contributed by atoms with E-state index in [1.807, 2.05) is 50.2 Å². The molecule has 0 aliphatic heterocycles. The summed E-state index contributed by atoms with van der Waals surface area (Å²) in [6, 6.07) is 13.9. The van der Waals surface area contributed by atoms with Crippen molar-refractivity contribution in [3.63, 3.8) is 0 Å². The molecular weight excluding hydrogens is 432 g/mol. The number of hydrogen-bond donors (Lipinski definition) is 2. The van der Waals surface area contributed by atoms with Gasteiger partial charge in [0.1, 0.15) is 5.75 Å². The van der Waals surface area contributed by atoms with Crippen LogP contribution in [0, 0.1) is 13.8 Å². The Hall–Kier alpha value is -2.90. The Bertz CT molecular complexity index is 1170. The van der Waals surface area contributed by atoms with Gasteiger partial charge in [-0.25, -0.2) is 0 Å². The van der Waals surface area contributed by atoms with Gasteiger partial charge in [-0.2, -0.15) is 0 Å². The van der Waals surface area contributed by atoms with Gasteiger partial charge in [-0.15, -0.1) is 0 Å². The lowest BCUT2D eigenvalue weighted by molar-refractivity contribution is 0.340. The van der Waals surface area contributed by atoms with E-state index < -0.39 is 0 Å². The third-order valence-electron chi connectivity index (χ3n) is 5.50. The Kier molecular flexibility index (Phi) is 8.47. The summed E-state index contributed by atoms with van der Waals surface area (Å²) in [4.78, 5) is 20.2. The van der Waals surface area contributed by atoms with Crippen LogP contribution in [-0.4, -0.2) is 53.7 Å². The Morgan fingerprint density at radius 3 is 2.61 bits per heavy atom. The zero-order valence-corrected chi connectivity index (χ0v) is 21.0. The molecule has 6 nitrogen and oxygen atoms in total. The highest BCUT2D eigenvalue weighted by Gasteiger charge is 2.16. The number of aryl methyl sites for hydroxylation is 2. The van der Waals surface area contributed by atoms with Crippen molar-refractivity contribution in [2.24, 2.45) is 0 Å². The van der Waals surface area contributed by atoms with Crippen molar-refractivity contribution in [2.45, 2.75) is 33.7 Å². The number of pyridine rings is 1. The number of nitrogens with one attached hydrogen (secondary N) is 2. The van der Waals surface area contributed by atoms with E-state index in [9.17, 15) is 4.79 Å². The Labute approximate surface area is 201 Å². The van der Waals surface area contributed by atoms with Crippen molar-refractivity contribution < 1.29 is 4.74 Å². The van der Waals surface area contributed by atoms with Crippen LogP contribution in [0.1, 0.15) is 30.0 Å². The molecule has 0 atom stereocenters. The molecule has 0 spiro atoms. The smallest absolute Gasteiger partial charge is 0.253 e. The normalized spacial score (nSPS) is 11.1. The van der Waals surface area contributed by atoms with Crippen molar-refractivity contribution >= 4 is 33.9 Å². The molecule has 0 bridgehead atoms. The van der Waals surface area contributed by atoms with Crippen molar-refractivity contribution in [1.82, 2.24) is 14.8 Å². The highest BCUT2D eigenvalue weighted by molar-refractivity contribution is 7.80. The van der Waals surface area contributed by atoms with E-state index in [1.54, 1.807) is 0 Å². The molecule has 0 fully saturated rings. The minimum absolute atomic E-state index is 0.0809. The summed E-state index contributed by atoms with van der Waals surface area (Å²) < 4.78 is 5.74. The average Bonchev–Trinajstić information content (AvgIpc) is 2.75. The number of fused-ring (bicyclic) bond motifs is 1. The zero-order chi connectivity index (χ0) is 24.0. The number of thiocarbonyl (C=S) groups is 1. The summed E-state index contributed by atoms with van der Waals surface area (Å²) in [6.07, 6.45) is 0.922. The van der Waals surface area contributed by atoms with Crippen LogP contribution in [0.15, 0.2) is 47.3 Å². The first-order valence-corrected chi connectivity index (χ1v) is 11.7. The van der Waals surface area contributed by atoms with Crippen molar-refractivity contribution in [1.29, 1.82) is 0 Å². The number of H-pyrrole nitrogens is 1. The second-order valence-corrected chi connectivity index (χ2v) is 8.99. The molecule has 0 saturated heterocycles. The van der Waals surface area contributed by atoms with Crippen LogP contribution in [0.2, 0.25) is 0 Å². The standard InChI is InChI=1S/C26H34N4O2S/c1-6-32-24-11-8-7-10-22(24)28-26(33)30(13-9-12-29(4)5)17-20-16-21-19(3)14-18(2)15-23(21)27-25(20)31/h7-8,10-11,14-16H,6,9,12-13,17H2,1-5H3,(H,27,31)(H,28,33). The monoisotopic (exact) mass is 466 g/mol. The number of nitrogens with zero attached hydrogens (tertiary/aromatic N) is 2. The molecule has 1 heterocycles. The first-order valence-electron chi connectivity index (χ1n) is 11.3. The van der Waals surface area contributed by atoms with Gasteiger partial charge < -0.3 is 24.8 Å². The van der Waals surface area contributed by atoms with Crippen molar-refractivity contribution in [3.05, 3.63) is 69.5 Å². The summed E-state index contributed by atoms with van der Waals surface area (Å²) in [5, 5.41) is 4.97. The molecule has 0 saturated carbocycles. The van der Waals surface area contributed by atoms with Gasteiger partial charge in [0, 0.05) is 23.0 Å². The zero-order valence-electron chi connectivity index (χ0n) is 20.2. The number of rotatable bonds is 9. The van der Waals surface area contributed by atoms with Gasteiger partial charge in [0.15, 0.2) is 5.11 Å². The molecule has 0 amide bonds. The van der Waals surface area contributed by atoms with Crippen LogP contribution < -0.4 is 15.6 Å². The van der Waals surface area contributed by atoms with Gasteiger partial charge in [0.05, 0.1) is 18.8 Å². The highest BCUT2D eigenvalue weighted by atomic mass is 32.1. The summed E-state index contributed by atoms with van der Waals surface area (Å²) >= 11 is 5.79. The van der Waals surface area contributed by atoms with E-state index in [-0.39, 0.29) is 5.56 Å². The molecule has 3 rings (SSSR count). The fourth-order valence-electron chi connectivity index (χ4n) is 3.91. The molecule has 0 radical (unpaired) electrons. The predicted molar refractivity (Wildman–Crippen MR) is 141 cm³/mol. The Balaban J connectivity index is 1.88. The first-order chi connectivity index (χ1) is 15.8. The van der Waals surface area contributed by atoms with Gasteiger partial charge in [0.25, 0.3) is 5.56 Å². The number of benzene rings is 2. The number of ether oxygens (including phenoxy) is 1. The van der Waals surface area contributed by atoms with Crippen molar-refractivity contribution in [2.75, 3.05) is 39.1 Å². The molecule has 33 heavy (non-hydrogen) atoms. The van der Waals surface area contributed by atoms with Crippen LogP contribution in [0.4, 0.5) is 5.69 Å². The molecular formula is C26H34N4O2S. The van der Waals surface area contributed by atoms with Crippen LogP contribution in [0.3, 0.4) is 0 Å². The number of para-hydroxylation sites is 2. The van der Waals surface area contributed by atoms with Gasteiger partial charge in [0.2, 0.25) is 0 Å². The summed E-state index contributed by atoms with van der Waals surface area (Å²) in [6.45, 7) is 8.72. The van der Waals surface area contributed by atoms with Crippen LogP contribution in [-0.2, 0) is 6.54 Å². The number of anilines is 1. The Morgan fingerprint density at radius 2 is 1.88 bits per heavy atom. The lowest BCUT2D eigenvalue weighted by Gasteiger charge is -2.27. The topological polar surface area (TPSA) is 60.6 Å². The average molecular weight is 467 g/mol. The van der Waals surface area contributed by atoms with Gasteiger partial charge in [-0.3, -0.25) is 4.79 Å². The number of aromatic amines is 1. The quantitative estimate of drug-likeness (QED) is 0.446. The lowest BCUT2D eigenvalue weighted by atomic mass is 10.0. The molecule has 176 valence electrons. The summed E-state index contributed by atoms with van der Waals surface area (Å²) in [5.41, 5.74) is 4.58. The van der Waals surface area contributed by atoms with Crippen molar-refractivity contribution in [3.8, 4) is 5.75 Å². The maximum absolute atomic E-state index is 12.9. The molecule has 3 aromatic rings. The summed E-state index contributed by atoms with van der Waals surface area (Å²) in [5.74, 6) is 0.755. The van der Waals surface area contributed by atoms with Gasteiger partial charge >= 0.3 is 0 Å². The molecule has 1 aromatic heterocycles. The number of hydrogen-bond acceptors (Lipinski definition) is 4. The minimum atomic E-state index is -0.0809. The fraction of sp³-hybridized carbons (Fsp3) is 0.385. The van der Waals surface area contributed by atoms with Crippen LogP contribution in [0.5, 0.6) is 5.75 Å². The van der Waals surface area contributed by atoms with Gasteiger partial charge in [-0.1, -0.05) is 18.2 Å². The number of aromatic nitrogens is 1. The lowest BCUT2D eigenvalue weighted by Crippen LogP contribution is -2.37. The van der Waals surface area contributed by atoms with E-state index in [4.69, 9.17) is 17.0 Å². The third-order valence-corrected chi connectivity index (χ3v) is 5.86. The SMILES string of the molecule is CCOc1ccccc1NC(=S)N(CCCN(C)C)Cc1cc2c(C)cc(C)cc2[nH]c1=O. The van der Waals surface area contributed by atoms with Gasteiger partial charge in [-0.05, 0) is 95.4 Å².